The molecule has 1 heterocycles. The Kier molecular flexibility index (Phi) is 3.84. The molecule has 25 heavy (non-hydrogen) atoms. The highest BCUT2D eigenvalue weighted by molar-refractivity contribution is 5.95. The lowest BCUT2D eigenvalue weighted by atomic mass is 10.1. The Hall–Kier alpha value is -2.95. The van der Waals surface area contributed by atoms with Crippen LogP contribution in [0.25, 0.3) is 5.69 Å². The number of hydrogen-bond donors (Lipinski definition) is 1. The number of carbonyl (C=O) groups is 1. The van der Waals surface area contributed by atoms with Crippen molar-refractivity contribution in [2.45, 2.75) is 25.8 Å². The average molecular weight is 335 g/mol. The highest BCUT2D eigenvalue weighted by Crippen LogP contribution is 2.31. The van der Waals surface area contributed by atoms with Crippen LogP contribution in [0.15, 0.2) is 54.7 Å². The minimum Gasteiger partial charge on any atom is -0.345 e. The first-order valence-electron chi connectivity index (χ1n) is 8.33. The van der Waals surface area contributed by atoms with Gasteiger partial charge < -0.3 is 5.32 Å². The predicted octanol–water partition coefficient (Wildman–Crippen LogP) is 3.74. The van der Waals surface area contributed by atoms with Gasteiger partial charge in [-0.1, -0.05) is 36.4 Å². The smallest absolute Gasteiger partial charge is 0.255 e. The van der Waals surface area contributed by atoms with Crippen LogP contribution >= 0.6 is 0 Å². The van der Waals surface area contributed by atoms with Gasteiger partial charge in [-0.2, -0.15) is 5.10 Å². The quantitative estimate of drug-likeness (QED) is 0.793. The van der Waals surface area contributed by atoms with Gasteiger partial charge in [-0.05, 0) is 43.0 Å². The number of fused-ring (bicyclic) bond motifs is 1. The van der Waals surface area contributed by atoms with Gasteiger partial charge in [0.15, 0.2) is 0 Å². The van der Waals surface area contributed by atoms with Crippen LogP contribution in [0, 0.1) is 12.7 Å². The van der Waals surface area contributed by atoms with Crippen molar-refractivity contribution in [2.24, 2.45) is 0 Å². The maximum absolute atomic E-state index is 14.0. The van der Waals surface area contributed by atoms with E-state index in [1.807, 2.05) is 12.1 Å². The number of carbonyl (C=O) groups excluding carboxylic acids is 1. The van der Waals surface area contributed by atoms with E-state index in [0.717, 1.165) is 12.8 Å². The normalized spacial score (nSPS) is 15.8. The molecule has 1 aliphatic rings. The van der Waals surface area contributed by atoms with Crippen molar-refractivity contribution in [1.29, 1.82) is 0 Å². The van der Waals surface area contributed by atoms with Gasteiger partial charge in [-0.25, -0.2) is 9.07 Å². The molecule has 1 unspecified atom stereocenters. The van der Waals surface area contributed by atoms with Crippen LogP contribution in [-0.2, 0) is 6.42 Å². The number of nitrogens with zero attached hydrogens (tertiary/aromatic N) is 2. The summed E-state index contributed by atoms with van der Waals surface area (Å²) in [6, 6.07) is 14.6. The molecule has 0 bridgehead atoms. The number of aryl methyl sites for hydroxylation is 1. The molecule has 4 rings (SSSR count). The van der Waals surface area contributed by atoms with Crippen molar-refractivity contribution in [3.8, 4) is 5.69 Å². The summed E-state index contributed by atoms with van der Waals surface area (Å²) < 4.78 is 15.5. The number of hydrogen-bond acceptors (Lipinski definition) is 2. The molecule has 4 nitrogen and oxygen atoms in total. The fraction of sp³-hybridized carbons (Fsp3) is 0.200. The third-order valence-corrected chi connectivity index (χ3v) is 4.77. The van der Waals surface area contributed by atoms with Gasteiger partial charge in [0.05, 0.1) is 23.5 Å². The number of para-hydroxylation sites is 1. The topological polar surface area (TPSA) is 46.9 Å². The predicted molar refractivity (Wildman–Crippen MR) is 93.2 cm³/mol. The molecule has 1 aromatic heterocycles. The molecule has 1 atom stereocenters. The second-order valence-electron chi connectivity index (χ2n) is 6.27. The number of nitrogens with one attached hydrogen (secondary N) is 1. The van der Waals surface area contributed by atoms with Crippen LogP contribution in [0.4, 0.5) is 4.39 Å². The van der Waals surface area contributed by atoms with E-state index in [-0.39, 0.29) is 17.8 Å². The van der Waals surface area contributed by atoms with Gasteiger partial charge in [-0.15, -0.1) is 0 Å². The summed E-state index contributed by atoms with van der Waals surface area (Å²) in [5.74, 6) is -0.549. The Morgan fingerprint density at radius 2 is 1.96 bits per heavy atom. The SMILES string of the molecule is Cc1c(C(=O)NC2CCc3ccccc32)cnn1-c1ccccc1F. The molecule has 126 valence electrons. The second kappa shape index (κ2) is 6.16. The van der Waals surface area contributed by atoms with E-state index in [1.54, 1.807) is 25.1 Å². The van der Waals surface area contributed by atoms with Gasteiger partial charge in [0, 0.05) is 0 Å². The zero-order valence-corrected chi connectivity index (χ0v) is 13.9. The largest absolute Gasteiger partial charge is 0.345 e. The summed E-state index contributed by atoms with van der Waals surface area (Å²) in [5.41, 5.74) is 3.88. The number of rotatable bonds is 3. The number of amides is 1. The first-order chi connectivity index (χ1) is 12.1. The number of aromatic nitrogens is 2. The molecule has 0 saturated heterocycles. The molecule has 1 aliphatic carbocycles. The lowest BCUT2D eigenvalue weighted by molar-refractivity contribution is 0.0936. The third kappa shape index (κ3) is 2.71. The summed E-state index contributed by atoms with van der Waals surface area (Å²) in [5, 5.41) is 7.29. The van der Waals surface area contributed by atoms with E-state index in [9.17, 15) is 9.18 Å². The Morgan fingerprint density at radius 1 is 1.20 bits per heavy atom. The fourth-order valence-corrected chi connectivity index (χ4v) is 3.44. The molecule has 2 aromatic carbocycles. The van der Waals surface area contributed by atoms with Crippen molar-refractivity contribution in [3.05, 3.63) is 82.9 Å². The summed E-state index contributed by atoms with van der Waals surface area (Å²) in [7, 11) is 0. The lowest BCUT2D eigenvalue weighted by Gasteiger charge is -2.14. The maximum atomic E-state index is 14.0. The maximum Gasteiger partial charge on any atom is 0.255 e. The minimum atomic E-state index is -0.370. The summed E-state index contributed by atoms with van der Waals surface area (Å²) in [6.07, 6.45) is 3.36. The molecule has 0 saturated carbocycles. The van der Waals surface area contributed by atoms with Gasteiger partial charge in [0.1, 0.15) is 11.5 Å². The molecule has 0 aliphatic heterocycles. The summed E-state index contributed by atoms with van der Waals surface area (Å²) in [4.78, 5) is 12.7. The lowest BCUT2D eigenvalue weighted by Crippen LogP contribution is -2.27. The van der Waals surface area contributed by atoms with Gasteiger partial charge >= 0.3 is 0 Å². The van der Waals surface area contributed by atoms with E-state index in [2.05, 4.69) is 22.5 Å². The van der Waals surface area contributed by atoms with Gasteiger partial charge in [0.25, 0.3) is 5.91 Å². The van der Waals surface area contributed by atoms with Crippen LogP contribution in [0.2, 0.25) is 0 Å². The molecular formula is C20H18FN3O. The number of benzene rings is 2. The van der Waals surface area contributed by atoms with E-state index in [1.165, 1.54) is 28.1 Å². The first-order valence-corrected chi connectivity index (χ1v) is 8.33. The zero-order chi connectivity index (χ0) is 17.4. The second-order valence-corrected chi connectivity index (χ2v) is 6.27. The minimum absolute atomic E-state index is 0.0138. The Morgan fingerprint density at radius 3 is 2.80 bits per heavy atom. The molecule has 1 N–H and O–H groups in total. The molecule has 1 amide bonds. The highest BCUT2D eigenvalue weighted by atomic mass is 19.1. The monoisotopic (exact) mass is 335 g/mol. The van der Waals surface area contributed by atoms with E-state index in [0.29, 0.717) is 16.9 Å². The van der Waals surface area contributed by atoms with Crippen LogP contribution < -0.4 is 5.32 Å². The molecule has 0 fully saturated rings. The Bertz CT molecular complexity index is 948. The highest BCUT2D eigenvalue weighted by Gasteiger charge is 2.25. The summed E-state index contributed by atoms with van der Waals surface area (Å²) >= 11 is 0. The molecule has 0 radical (unpaired) electrons. The van der Waals surface area contributed by atoms with Crippen LogP contribution in [0.5, 0.6) is 0 Å². The fourth-order valence-electron chi connectivity index (χ4n) is 3.44. The molecule has 0 spiro atoms. The Balaban J connectivity index is 1.59. The third-order valence-electron chi connectivity index (χ3n) is 4.77. The van der Waals surface area contributed by atoms with Crippen molar-refractivity contribution >= 4 is 5.91 Å². The van der Waals surface area contributed by atoms with E-state index in [4.69, 9.17) is 0 Å². The van der Waals surface area contributed by atoms with Crippen molar-refractivity contribution in [2.75, 3.05) is 0 Å². The van der Waals surface area contributed by atoms with Crippen molar-refractivity contribution < 1.29 is 9.18 Å². The van der Waals surface area contributed by atoms with Gasteiger partial charge in [-0.3, -0.25) is 4.79 Å². The van der Waals surface area contributed by atoms with Crippen LogP contribution in [0.3, 0.4) is 0 Å². The number of halogens is 1. The average Bonchev–Trinajstić information content (AvgIpc) is 3.20. The van der Waals surface area contributed by atoms with Crippen LogP contribution in [-0.4, -0.2) is 15.7 Å². The molecule has 3 aromatic rings. The van der Waals surface area contributed by atoms with E-state index < -0.39 is 0 Å². The van der Waals surface area contributed by atoms with Gasteiger partial charge in [0.2, 0.25) is 0 Å². The first kappa shape index (κ1) is 15.6. The zero-order valence-electron chi connectivity index (χ0n) is 13.9. The van der Waals surface area contributed by atoms with Crippen molar-refractivity contribution in [3.63, 3.8) is 0 Å². The standard InChI is InChI=1S/C20H18FN3O/c1-13-16(12-22-24(13)19-9-5-4-8-17(19)21)20(25)23-18-11-10-14-6-2-3-7-15(14)18/h2-9,12,18H,10-11H2,1H3,(H,23,25). The summed E-state index contributed by atoms with van der Waals surface area (Å²) in [6.45, 7) is 1.77. The van der Waals surface area contributed by atoms with E-state index >= 15 is 0 Å². The molecule has 5 heteroatoms. The van der Waals surface area contributed by atoms with Crippen LogP contribution in [0.1, 0.15) is 39.6 Å². The molecular weight excluding hydrogens is 317 g/mol. The van der Waals surface area contributed by atoms with Crippen molar-refractivity contribution in [1.82, 2.24) is 15.1 Å². The Labute approximate surface area is 145 Å².